The van der Waals surface area contributed by atoms with Crippen LogP contribution in [0.3, 0.4) is 0 Å². The second-order valence-electron chi connectivity index (χ2n) is 52.4. The Balaban J connectivity index is 0.0000000901. The summed E-state index contributed by atoms with van der Waals surface area (Å²) in [5.74, 6) is 23.5. The Morgan fingerprint density at radius 2 is 0.555 bits per heavy atom. The van der Waals surface area contributed by atoms with E-state index in [-0.39, 0.29) is 39.2 Å². The molecule has 27 fully saturated rings. The molecule has 7 spiro atoms. The van der Waals surface area contributed by atoms with Crippen molar-refractivity contribution in [2.75, 3.05) is 0 Å². The Bertz CT molecular complexity index is 3180. The van der Waals surface area contributed by atoms with Crippen LogP contribution >= 0.6 is 0 Å². The molecule has 110 heavy (non-hydrogen) atoms. The molecular weight excluding hydrogens is 1350 g/mol. The Morgan fingerprint density at radius 1 is 0.236 bits per heavy atom. The number of fused-ring (bicyclic) bond motifs is 16. The summed E-state index contributed by atoms with van der Waals surface area (Å²) in [5, 5.41) is 73.5. The molecule has 0 aromatic carbocycles. The van der Waals surface area contributed by atoms with Crippen LogP contribution in [0.2, 0.25) is 0 Å². The molecule has 0 aliphatic heterocycles. The summed E-state index contributed by atoms with van der Waals surface area (Å²) in [4.78, 5) is 0. The zero-order valence-electron chi connectivity index (χ0n) is 74.4. The van der Waals surface area contributed by atoms with Gasteiger partial charge in [0.1, 0.15) is 0 Å². The summed E-state index contributed by atoms with van der Waals surface area (Å²) < 4.78 is 0. The lowest BCUT2D eigenvalue weighted by molar-refractivity contribution is -0.262. The van der Waals surface area contributed by atoms with Crippen molar-refractivity contribution < 1.29 is 35.7 Å². The molecule has 0 aromatic rings. The predicted octanol–water partition coefficient (Wildman–Crippen LogP) is 23.6. The van der Waals surface area contributed by atoms with Gasteiger partial charge in [0, 0.05) is 0 Å². The summed E-state index contributed by atoms with van der Waals surface area (Å²) in [6.07, 6.45) is 56.6. The lowest BCUT2D eigenvalue weighted by Gasteiger charge is -2.72. The quantitative estimate of drug-likeness (QED) is 0.135. The van der Waals surface area contributed by atoms with Crippen molar-refractivity contribution >= 4 is 0 Å². The molecule has 0 saturated heterocycles. The van der Waals surface area contributed by atoms with Gasteiger partial charge in [-0.2, -0.15) is 0 Å². The van der Waals surface area contributed by atoms with Gasteiger partial charge in [-0.3, -0.25) is 0 Å². The van der Waals surface area contributed by atoms with Crippen molar-refractivity contribution in [3.8, 4) is 0 Å². The topological polar surface area (TPSA) is 142 Å². The molecule has 626 valence electrons. The summed E-state index contributed by atoms with van der Waals surface area (Å²) in [5.41, 5.74) is 2.98. The highest BCUT2D eigenvalue weighted by Crippen LogP contribution is 2.89. The molecule has 0 radical (unpaired) electrons. The molecule has 0 aromatic heterocycles. The minimum atomic E-state index is -0.335. The fraction of sp³-hybridized carbons (Fsp3) is 1.00. The van der Waals surface area contributed by atoms with Gasteiger partial charge in [0.25, 0.3) is 0 Å². The smallest absolute Gasteiger partial charge is 0.0681 e. The van der Waals surface area contributed by atoms with Gasteiger partial charge < -0.3 is 35.7 Å². The van der Waals surface area contributed by atoms with Crippen LogP contribution in [-0.4, -0.2) is 75.0 Å². The van der Waals surface area contributed by atoms with Crippen molar-refractivity contribution in [1.82, 2.24) is 0 Å². The van der Waals surface area contributed by atoms with Crippen LogP contribution in [0.15, 0.2) is 0 Å². The van der Waals surface area contributed by atoms with Gasteiger partial charge in [-0.1, -0.05) is 157 Å². The van der Waals surface area contributed by atoms with Crippen LogP contribution in [0.25, 0.3) is 0 Å². The largest absolute Gasteiger partial charge is 0.390 e. The SMILES string of the molecule is CC(C)C1(O)CC2(C1)C1C3CC3C2C2CC21.CC(C)C1(O)CC2(C1)C1CCCC2CCC1.CC(C)C1(O)CC2(CC3CC4CC3CC2C4)C1.CC(C)C1(O)CC2(CC3CCC2C3)C1.CC(C)C1(O)CC2(CC3CCC2CC3)C1.CC(C)C1(O)CC2(CC[C@@H]3C[C@H]2C3(C)C)C1.CC(C)C1(O)CC2(CC[C@H]3C[C@@H]2C3(C)C)C1. The standard InChI is InChI=1S/C16H26O.C15H22O.3C15H26O.C14H24O.C13H22O/c1-10(2)16(17)8-15(9-16)7-13-4-11-3-12(13)6-14(15)5-11;1-7(2)15(16)5-14(6-15)12-8-3-9(8)13(14)11-4-10(11)12;2*1-10(2)15(16)8-14(9-15)6-5-11-7-12(14)13(11,3)4;1-11(2)15(16)9-14(10-15)12-5-3-6-13(14)8-4-7-12;1-10(2)14(15)8-13(9-14)7-11-3-5-12(13)6-4-11;1-9(2)13(14)7-12(8-13)6-10-3-4-11(12)5-10/h10-14,17H,3-9H2,1-2H3;7-13,16H,3-6H2,1-2H3;2*10-12,16H,5-9H2,1-4H3;11-13,16H,3-10H2,1-2H3;10-12,15H,3-9H2,1-2H3;9-11,14H,3-8H2,1-2H3/t;;2*11-,12+,14?,15?;;;/m..10.../s1. The van der Waals surface area contributed by atoms with E-state index in [1.807, 2.05) is 0 Å². The minimum absolute atomic E-state index is 0.288. The van der Waals surface area contributed by atoms with E-state index < -0.39 is 0 Å². The maximum Gasteiger partial charge on any atom is 0.0681 e. The summed E-state index contributed by atoms with van der Waals surface area (Å²) in [7, 11) is 0. The van der Waals surface area contributed by atoms with E-state index in [0.717, 1.165) is 208 Å². The fourth-order valence-electron chi connectivity index (χ4n) is 37.5. The van der Waals surface area contributed by atoms with Gasteiger partial charge >= 0.3 is 0 Å². The first kappa shape index (κ1) is 80.8. The van der Waals surface area contributed by atoms with E-state index in [9.17, 15) is 35.7 Å². The summed E-state index contributed by atoms with van der Waals surface area (Å²) in [6, 6.07) is 0. The van der Waals surface area contributed by atoms with Crippen LogP contribution in [-0.2, 0) is 0 Å². The number of hydrogen-bond acceptors (Lipinski definition) is 7. The van der Waals surface area contributed by atoms with Gasteiger partial charge in [0.15, 0.2) is 0 Å². The minimum Gasteiger partial charge on any atom is -0.390 e. The highest BCUT2D eigenvalue weighted by atomic mass is 16.3. The third kappa shape index (κ3) is 12.2. The van der Waals surface area contributed by atoms with E-state index in [1.165, 1.54) is 161 Å². The third-order valence-corrected chi connectivity index (χ3v) is 45.0. The van der Waals surface area contributed by atoms with Gasteiger partial charge in [-0.05, 0) is 446 Å². The number of rotatable bonds is 7. The first-order valence-corrected chi connectivity index (χ1v) is 49.4. The van der Waals surface area contributed by atoms with Crippen molar-refractivity contribution in [2.45, 2.75) is 434 Å². The van der Waals surface area contributed by atoms with Crippen LogP contribution in [0.4, 0.5) is 0 Å². The maximum atomic E-state index is 10.6. The van der Waals surface area contributed by atoms with E-state index >= 15 is 0 Å². The monoisotopic (exact) mass is 1520 g/mol. The average Bonchev–Trinajstić information content (AvgIpc) is 1.45. The Labute approximate surface area is 673 Å². The van der Waals surface area contributed by atoms with E-state index in [4.69, 9.17) is 0 Å². The molecular formula is C103H172O7. The Morgan fingerprint density at radius 3 is 0.891 bits per heavy atom. The van der Waals surface area contributed by atoms with Crippen LogP contribution < -0.4 is 0 Å². The third-order valence-electron chi connectivity index (χ3n) is 45.0. The van der Waals surface area contributed by atoms with Crippen LogP contribution in [0.5, 0.6) is 0 Å². The van der Waals surface area contributed by atoms with E-state index in [2.05, 4.69) is 125 Å². The summed E-state index contributed by atoms with van der Waals surface area (Å²) in [6.45, 7) is 40.4. The first-order chi connectivity index (χ1) is 51.3. The normalized spacial score (nSPS) is 57.4. The van der Waals surface area contributed by atoms with Gasteiger partial charge in [0.05, 0.1) is 39.2 Å². The molecule has 27 saturated carbocycles. The lowest BCUT2D eigenvalue weighted by atomic mass is 9.34. The Kier molecular flexibility index (Phi) is 19.4. The molecule has 27 aliphatic rings. The van der Waals surface area contributed by atoms with Crippen LogP contribution in [0, 0.1) is 209 Å². The molecule has 0 heterocycles. The van der Waals surface area contributed by atoms with Gasteiger partial charge in [-0.15, -0.1) is 0 Å². The zero-order chi connectivity index (χ0) is 78.3. The molecule has 7 N–H and O–H groups in total. The van der Waals surface area contributed by atoms with Crippen molar-refractivity contribution in [2.24, 2.45) is 209 Å². The van der Waals surface area contributed by atoms with E-state index in [0.29, 0.717) is 90.2 Å². The molecule has 27 aliphatic carbocycles. The molecule has 7 heteroatoms. The second-order valence-corrected chi connectivity index (χ2v) is 52.4. The summed E-state index contributed by atoms with van der Waals surface area (Å²) >= 11 is 0. The molecule has 27 rings (SSSR count). The number of aliphatic hydroxyl groups is 7. The fourth-order valence-corrected chi connectivity index (χ4v) is 37.5. The van der Waals surface area contributed by atoms with Crippen molar-refractivity contribution in [3.05, 3.63) is 0 Å². The first-order valence-electron chi connectivity index (χ1n) is 49.4. The molecule has 10 unspecified atom stereocenters. The predicted molar refractivity (Wildman–Crippen MR) is 447 cm³/mol. The molecule has 14 atom stereocenters. The molecule has 7 nitrogen and oxygen atoms in total. The molecule has 0 amide bonds. The highest BCUT2D eigenvalue weighted by molar-refractivity contribution is 5.33. The van der Waals surface area contributed by atoms with Crippen molar-refractivity contribution in [3.63, 3.8) is 0 Å². The van der Waals surface area contributed by atoms with Gasteiger partial charge in [0.2, 0.25) is 0 Å². The van der Waals surface area contributed by atoms with Crippen molar-refractivity contribution in [1.29, 1.82) is 0 Å². The highest BCUT2D eigenvalue weighted by Gasteiger charge is 2.84. The second kappa shape index (κ2) is 26.4. The van der Waals surface area contributed by atoms with Gasteiger partial charge in [-0.25, -0.2) is 0 Å². The maximum absolute atomic E-state index is 10.6. The number of hydrogen-bond donors (Lipinski definition) is 7. The van der Waals surface area contributed by atoms with Crippen LogP contribution in [0.1, 0.15) is 394 Å². The molecule has 15 bridgehead atoms. The zero-order valence-corrected chi connectivity index (χ0v) is 74.4. The van der Waals surface area contributed by atoms with E-state index in [1.54, 1.807) is 19.3 Å². The lowest BCUT2D eigenvalue weighted by Crippen LogP contribution is -2.67. The Hall–Kier alpha value is -0.280. The average molecular weight is 1520 g/mol.